The molecule has 2 aliphatic rings. The molecule has 1 heterocycles. The summed E-state index contributed by atoms with van der Waals surface area (Å²) in [7, 11) is 3.94. The lowest BCUT2D eigenvalue weighted by molar-refractivity contribution is -0.142. The summed E-state index contributed by atoms with van der Waals surface area (Å²) in [6, 6.07) is 0. The zero-order chi connectivity index (χ0) is 16.5. The minimum absolute atomic E-state index is 0.0326. The van der Waals surface area contributed by atoms with Crippen molar-refractivity contribution in [3.05, 3.63) is 0 Å². The lowest BCUT2D eigenvalue weighted by Crippen LogP contribution is -2.42. The SMILES string of the molecule is CN(C)CCN(CC1CCCO1)C(=O)[C@@H]1[C@H](C(=O)O)C1(C)C. The lowest BCUT2D eigenvalue weighted by Gasteiger charge is -2.27. The zero-order valence-electron chi connectivity index (χ0n) is 14.0. The van der Waals surface area contributed by atoms with Crippen LogP contribution >= 0.6 is 0 Å². The third-order valence-corrected chi connectivity index (χ3v) is 4.94. The lowest BCUT2D eigenvalue weighted by atomic mass is 10.1. The third kappa shape index (κ3) is 3.60. The molecule has 0 radical (unpaired) electrons. The molecule has 0 aromatic rings. The van der Waals surface area contributed by atoms with Gasteiger partial charge in [0.15, 0.2) is 0 Å². The van der Waals surface area contributed by atoms with Gasteiger partial charge in [-0.2, -0.15) is 0 Å². The van der Waals surface area contributed by atoms with Gasteiger partial charge in [0.2, 0.25) is 5.91 Å². The number of carbonyl (C=O) groups is 2. The van der Waals surface area contributed by atoms with Crippen molar-refractivity contribution in [3.8, 4) is 0 Å². The standard InChI is InChI=1S/C16H28N2O4/c1-16(2)12(13(16)15(20)21)14(19)18(8-7-17(3)4)10-11-6-5-9-22-11/h11-13H,5-10H2,1-4H3,(H,20,21)/t11?,12-,13+/m0/s1. The number of aliphatic carboxylic acids is 1. The van der Waals surface area contributed by atoms with Crippen molar-refractivity contribution in [2.75, 3.05) is 40.3 Å². The molecule has 3 atom stereocenters. The minimum Gasteiger partial charge on any atom is -0.481 e. The van der Waals surface area contributed by atoms with Crippen molar-refractivity contribution in [1.29, 1.82) is 0 Å². The van der Waals surface area contributed by atoms with E-state index in [0.29, 0.717) is 13.1 Å². The van der Waals surface area contributed by atoms with Gasteiger partial charge in [-0.3, -0.25) is 9.59 Å². The number of rotatable bonds is 7. The second kappa shape index (κ2) is 6.54. The Bertz CT molecular complexity index is 430. The van der Waals surface area contributed by atoms with Crippen molar-refractivity contribution in [2.45, 2.75) is 32.8 Å². The number of likely N-dealkylation sites (N-methyl/N-ethyl adjacent to an activating group) is 1. The number of carboxylic acids is 1. The van der Waals surface area contributed by atoms with Crippen molar-refractivity contribution in [1.82, 2.24) is 9.80 Å². The molecular weight excluding hydrogens is 284 g/mol. The average Bonchev–Trinajstić information content (AvgIpc) is 2.76. The van der Waals surface area contributed by atoms with E-state index in [4.69, 9.17) is 4.74 Å². The second-order valence-electron chi connectivity index (χ2n) is 7.34. The molecule has 0 spiro atoms. The van der Waals surface area contributed by atoms with Crippen LogP contribution < -0.4 is 0 Å². The van der Waals surface area contributed by atoms with E-state index in [1.54, 1.807) is 0 Å². The molecule has 2 fully saturated rings. The fraction of sp³-hybridized carbons (Fsp3) is 0.875. The molecule has 2 rings (SSSR count). The highest BCUT2D eigenvalue weighted by molar-refractivity contribution is 5.91. The van der Waals surface area contributed by atoms with Gasteiger partial charge in [-0.15, -0.1) is 0 Å². The van der Waals surface area contributed by atoms with Crippen LogP contribution in [0.15, 0.2) is 0 Å². The van der Waals surface area contributed by atoms with Crippen LogP contribution in [0.3, 0.4) is 0 Å². The minimum atomic E-state index is -0.868. The quantitative estimate of drug-likeness (QED) is 0.757. The van der Waals surface area contributed by atoms with Crippen LogP contribution in [0.25, 0.3) is 0 Å². The summed E-state index contributed by atoms with van der Waals surface area (Å²) in [5.74, 6) is -1.87. The zero-order valence-corrected chi connectivity index (χ0v) is 14.0. The van der Waals surface area contributed by atoms with Crippen LogP contribution in [0.4, 0.5) is 0 Å². The van der Waals surface area contributed by atoms with Gasteiger partial charge in [-0.1, -0.05) is 13.8 Å². The summed E-state index contributed by atoms with van der Waals surface area (Å²) in [5.41, 5.74) is -0.449. The highest BCUT2D eigenvalue weighted by Crippen LogP contribution is 2.59. The second-order valence-corrected chi connectivity index (χ2v) is 7.34. The number of ether oxygens (including phenoxy) is 1. The molecular formula is C16H28N2O4. The topological polar surface area (TPSA) is 70.1 Å². The number of nitrogens with zero attached hydrogens (tertiary/aromatic N) is 2. The Labute approximate surface area is 132 Å². The van der Waals surface area contributed by atoms with E-state index in [0.717, 1.165) is 26.0 Å². The number of carboxylic acid groups (broad SMARTS) is 1. The van der Waals surface area contributed by atoms with E-state index in [2.05, 4.69) is 0 Å². The van der Waals surface area contributed by atoms with Crippen molar-refractivity contribution in [2.24, 2.45) is 17.3 Å². The van der Waals surface area contributed by atoms with E-state index >= 15 is 0 Å². The molecule has 1 N–H and O–H groups in total. The Morgan fingerprint density at radius 1 is 1.23 bits per heavy atom. The van der Waals surface area contributed by atoms with Crippen LogP contribution in [0.5, 0.6) is 0 Å². The smallest absolute Gasteiger partial charge is 0.307 e. The van der Waals surface area contributed by atoms with Crippen molar-refractivity contribution >= 4 is 11.9 Å². The van der Waals surface area contributed by atoms with Gasteiger partial charge in [0.1, 0.15) is 0 Å². The highest BCUT2D eigenvalue weighted by atomic mass is 16.5. The van der Waals surface area contributed by atoms with E-state index in [1.807, 2.05) is 37.7 Å². The first-order chi connectivity index (χ1) is 10.2. The fourth-order valence-electron chi connectivity index (χ4n) is 3.40. The number of amides is 1. The molecule has 0 aromatic carbocycles. The highest BCUT2D eigenvalue weighted by Gasteiger charge is 2.66. The Hall–Kier alpha value is -1.14. The Kier molecular flexibility index (Phi) is 5.12. The summed E-state index contributed by atoms with van der Waals surface area (Å²) >= 11 is 0. The predicted molar refractivity (Wildman–Crippen MR) is 82.5 cm³/mol. The first kappa shape index (κ1) is 17.2. The summed E-state index contributed by atoms with van der Waals surface area (Å²) in [5, 5.41) is 9.29. The molecule has 0 aromatic heterocycles. The van der Waals surface area contributed by atoms with Gasteiger partial charge in [0.05, 0.1) is 17.9 Å². The van der Waals surface area contributed by atoms with Crippen LogP contribution in [-0.2, 0) is 14.3 Å². The Balaban J connectivity index is 2.03. The molecule has 1 unspecified atom stereocenters. The van der Waals surface area contributed by atoms with Crippen LogP contribution in [0, 0.1) is 17.3 Å². The molecule has 22 heavy (non-hydrogen) atoms. The molecule has 1 saturated carbocycles. The maximum absolute atomic E-state index is 12.8. The first-order valence-corrected chi connectivity index (χ1v) is 8.03. The molecule has 6 heteroatoms. The van der Waals surface area contributed by atoms with Gasteiger partial charge in [-0.25, -0.2) is 0 Å². The summed E-state index contributed by atoms with van der Waals surface area (Å²) < 4.78 is 5.64. The van der Waals surface area contributed by atoms with Crippen LogP contribution in [0.2, 0.25) is 0 Å². The monoisotopic (exact) mass is 312 g/mol. The van der Waals surface area contributed by atoms with Gasteiger partial charge >= 0.3 is 5.97 Å². The number of carbonyl (C=O) groups excluding carboxylic acids is 1. The predicted octanol–water partition coefficient (Wildman–Crippen LogP) is 0.912. The summed E-state index contributed by atoms with van der Waals surface area (Å²) in [4.78, 5) is 28.0. The molecule has 1 aliphatic carbocycles. The van der Waals surface area contributed by atoms with E-state index in [1.165, 1.54) is 0 Å². The molecule has 1 amide bonds. The van der Waals surface area contributed by atoms with E-state index in [9.17, 15) is 14.7 Å². The molecule has 1 saturated heterocycles. The normalized spacial score (nSPS) is 29.6. The van der Waals surface area contributed by atoms with Gasteiger partial charge in [0, 0.05) is 26.2 Å². The fourth-order valence-corrected chi connectivity index (χ4v) is 3.40. The Morgan fingerprint density at radius 2 is 1.91 bits per heavy atom. The van der Waals surface area contributed by atoms with Gasteiger partial charge in [-0.05, 0) is 32.4 Å². The van der Waals surface area contributed by atoms with Crippen LogP contribution in [0.1, 0.15) is 26.7 Å². The first-order valence-electron chi connectivity index (χ1n) is 8.03. The summed E-state index contributed by atoms with van der Waals surface area (Å²) in [6.45, 7) is 6.45. The largest absolute Gasteiger partial charge is 0.481 e. The van der Waals surface area contributed by atoms with Gasteiger partial charge < -0.3 is 19.6 Å². The Morgan fingerprint density at radius 3 is 2.36 bits per heavy atom. The van der Waals surface area contributed by atoms with E-state index in [-0.39, 0.29) is 12.0 Å². The van der Waals surface area contributed by atoms with Crippen molar-refractivity contribution < 1.29 is 19.4 Å². The number of hydrogen-bond acceptors (Lipinski definition) is 4. The maximum Gasteiger partial charge on any atom is 0.307 e. The van der Waals surface area contributed by atoms with Crippen LogP contribution in [-0.4, -0.2) is 73.2 Å². The van der Waals surface area contributed by atoms with Gasteiger partial charge in [0.25, 0.3) is 0 Å². The molecule has 1 aliphatic heterocycles. The average molecular weight is 312 g/mol. The summed E-state index contributed by atoms with van der Waals surface area (Å²) in [6.07, 6.45) is 2.10. The maximum atomic E-state index is 12.8. The number of hydrogen-bond donors (Lipinski definition) is 1. The van der Waals surface area contributed by atoms with E-state index < -0.39 is 23.2 Å². The molecule has 6 nitrogen and oxygen atoms in total. The molecule has 126 valence electrons. The molecule has 0 bridgehead atoms. The third-order valence-electron chi connectivity index (χ3n) is 4.94. The van der Waals surface area contributed by atoms with Crippen molar-refractivity contribution in [3.63, 3.8) is 0 Å².